The molecule has 1 saturated heterocycles. The summed E-state index contributed by atoms with van der Waals surface area (Å²) >= 11 is 0. The molecule has 0 radical (unpaired) electrons. The molecular formula is C12H14N4OS. The summed E-state index contributed by atoms with van der Waals surface area (Å²) < 4.78 is 0. The second-order valence-electron chi connectivity index (χ2n) is 4.45. The maximum atomic E-state index is 12.0. The average molecular weight is 262 g/mol. The van der Waals surface area contributed by atoms with Gasteiger partial charge in [0.1, 0.15) is 0 Å². The van der Waals surface area contributed by atoms with Gasteiger partial charge in [0.2, 0.25) is 5.91 Å². The molecule has 0 bridgehead atoms. The Labute approximate surface area is 108 Å². The first-order chi connectivity index (χ1) is 8.70. The first-order valence-corrected chi connectivity index (χ1v) is 7.29. The van der Waals surface area contributed by atoms with Gasteiger partial charge in [0.25, 0.3) is 0 Å². The van der Waals surface area contributed by atoms with E-state index in [2.05, 4.69) is 27.2 Å². The number of carbonyl (C=O) groups excluding carboxylic acids is 1. The van der Waals surface area contributed by atoms with Crippen LogP contribution in [-0.4, -0.2) is 45.7 Å². The number of fused-ring (bicyclic) bond motifs is 1. The van der Waals surface area contributed by atoms with Gasteiger partial charge in [0.05, 0.1) is 30.6 Å². The van der Waals surface area contributed by atoms with Crippen LogP contribution in [0.3, 0.4) is 0 Å². The Hall–Kier alpha value is -1.56. The van der Waals surface area contributed by atoms with Crippen LogP contribution < -0.4 is 0 Å². The molecule has 1 amide bonds. The highest BCUT2D eigenvalue weighted by molar-refractivity contribution is 8.29. The van der Waals surface area contributed by atoms with Crippen molar-refractivity contribution in [2.75, 3.05) is 12.3 Å². The maximum Gasteiger partial charge on any atom is 0.238 e. The third-order valence-electron chi connectivity index (χ3n) is 3.24. The Kier molecular flexibility index (Phi) is 2.74. The van der Waals surface area contributed by atoms with Crippen LogP contribution in [0.2, 0.25) is 0 Å². The van der Waals surface area contributed by atoms with Gasteiger partial charge in [-0.05, 0) is 12.3 Å². The molecule has 94 valence electrons. The fourth-order valence-corrected chi connectivity index (χ4v) is 4.29. The van der Waals surface area contributed by atoms with E-state index in [1.54, 1.807) is 6.20 Å². The molecule has 3 atom stereocenters. The predicted molar refractivity (Wildman–Crippen MR) is 74.1 cm³/mol. The molecule has 18 heavy (non-hydrogen) atoms. The molecule has 6 heteroatoms. The van der Waals surface area contributed by atoms with Gasteiger partial charge in [-0.15, -0.1) is 17.1 Å². The lowest BCUT2D eigenvalue weighted by atomic mass is 10.1. The normalized spacial score (nSPS) is 33.9. The van der Waals surface area contributed by atoms with E-state index in [-0.39, 0.29) is 28.5 Å². The topological polar surface area (TPSA) is 57.4 Å². The van der Waals surface area contributed by atoms with Gasteiger partial charge in [-0.3, -0.25) is 14.7 Å². The van der Waals surface area contributed by atoms with E-state index in [1.165, 1.54) is 0 Å². The van der Waals surface area contributed by atoms with Crippen LogP contribution in [0.5, 0.6) is 0 Å². The molecular weight excluding hydrogens is 248 g/mol. The molecule has 3 heterocycles. The number of amides is 1. The summed E-state index contributed by atoms with van der Waals surface area (Å²) in [6.45, 7) is 6.42. The number of aliphatic imine (C=N–C) groups is 1. The quantitative estimate of drug-likeness (QED) is 0.550. The molecule has 3 rings (SSSR count). The zero-order chi connectivity index (χ0) is 12.7. The SMILES string of the molecule is C=CC1N=C2N(C(=O)C/S2=C/C2=CN=NC2)C1C. The summed E-state index contributed by atoms with van der Waals surface area (Å²) in [5.41, 5.74) is 1.07. The summed E-state index contributed by atoms with van der Waals surface area (Å²) in [5.74, 6) is 0.697. The maximum absolute atomic E-state index is 12.0. The van der Waals surface area contributed by atoms with E-state index < -0.39 is 0 Å². The smallest absolute Gasteiger partial charge is 0.238 e. The summed E-state index contributed by atoms with van der Waals surface area (Å²) in [5, 5.41) is 10.7. The molecule has 0 spiro atoms. The molecule has 3 unspecified atom stereocenters. The molecule has 3 aliphatic rings. The lowest BCUT2D eigenvalue weighted by Crippen LogP contribution is -2.37. The van der Waals surface area contributed by atoms with E-state index in [9.17, 15) is 4.79 Å². The Balaban J connectivity index is 1.95. The Morgan fingerprint density at radius 3 is 3.11 bits per heavy atom. The van der Waals surface area contributed by atoms with Crippen molar-refractivity contribution in [1.29, 1.82) is 0 Å². The van der Waals surface area contributed by atoms with Crippen molar-refractivity contribution in [2.45, 2.75) is 19.0 Å². The number of azo groups is 1. The van der Waals surface area contributed by atoms with E-state index in [0.29, 0.717) is 12.3 Å². The van der Waals surface area contributed by atoms with Gasteiger partial charge in [-0.25, -0.2) is 0 Å². The number of nitrogens with zero attached hydrogens (tertiary/aromatic N) is 4. The second-order valence-corrected chi connectivity index (χ2v) is 6.20. The van der Waals surface area contributed by atoms with Gasteiger partial charge in [0.15, 0.2) is 5.17 Å². The monoisotopic (exact) mass is 262 g/mol. The van der Waals surface area contributed by atoms with E-state index >= 15 is 0 Å². The zero-order valence-electron chi connectivity index (χ0n) is 10.1. The molecule has 0 aromatic rings. The summed E-state index contributed by atoms with van der Waals surface area (Å²) in [4.78, 5) is 18.5. The van der Waals surface area contributed by atoms with Crippen molar-refractivity contribution in [2.24, 2.45) is 15.2 Å². The minimum absolute atomic E-state index is 0.0274. The van der Waals surface area contributed by atoms with Crippen molar-refractivity contribution >= 4 is 26.9 Å². The van der Waals surface area contributed by atoms with E-state index in [4.69, 9.17) is 0 Å². The largest absolute Gasteiger partial charge is 0.286 e. The first-order valence-electron chi connectivity index (χ1n) is 5.83. The van der Waals surface area contributed by atoms with Crippen LogP contribution in [0.15, 0.2) is 39.6 Å². The minimum Gasteiger partial charge on any atom is -0.286 e. The molecule has 0 aliphatic carbocycles. The van der Waals surface area contributed by atoms with Crippen LogP contribution in [-0.2, 0) is 4.79 Å². The Bertz CT molecular complexity index is 546. The Morgan fingerprint density at radius 1 is 1.61 bits per heavy atom. The molecule has 0 aromatic heterocycles. The van der Waals surface area contributed by atoms with Gasteiger partial charge in [0, 0.05) is 5.57 Å². The van der Waals surface area contributed by atoms with E-state index in [1.807, 2.05) is 17.9 Å². The van der Waals surface area contributed by atoms with Crippen molar-refractivity contribution in [3.63, 3.8) is 0 Å². The van der Waals surface area contributed by atoms with Crippen LogP contribution in [0, 0.1) is 0 Å². The summed E-state index contributed by atoms with van der Waals surface area (Å²) in [7, 11) is -0.230. The molecule has 0 N–H and O–H groups in total. The number of carbonyl (C=O) groups is 1. The third kappa shape index (κ3) is 1.68. The minimum atomic E-state index is -0.230. The summed E-state index contributed by atoms with van der Waals surface area (Å²) in [6.07, 6.45) is 3.56. The van der Waals surface area contributed by atoms with E-state index in [0.717, 1.165) is 10.7 Å². The zero-order valence-corrected chi connectivity index (χ0v) is 10.9. The molecule has 1 fully saturated rings. The number of hydrogen-bond acceptors (Lipinski definition) is 4. The van der Waals surface area contributed by atoms with Crippen LogP contribution in [0.25, 0.3) is 0 Å². The Morgan fingerprint density at radius 2 is 2.44 bits per heavy atom. The van der Waals surface area contributed by atoms with Gasteiger partial charge >= 0.3 is 0 Å². The fourth-order valence-electron chi connectivity index (χ4n) is 2.29. The van der Waals surface area contributed by atoms with Crippen molar-refractivity contribution in [1.82, 2.24) is 4.90 Å². The van der Waals surface area contributed by atoms with Crippen LogP contribution >= 0.6 is 10.5 Å². The molecule has 0 aromatic carbocycles. The fraction of sp³-hybridized carbons (Fsp3) is 0.417. The average Bonchev–Trinajstić information content (AvgIpc) is 3.01. The summed E-state index contributed by atoms with van der Waals surface area (Å²) in [6, 6.07) is 0.127. The van der Waals surface area contributed by atoms with Crippen molar-refractivity contribution < 1.29 is 4.79 Å². The number of hydrogen-bond donors (Lipinski definition) is 0. The van der Waals surface area contributed by atoms with Crippen LogP contribution in [0.4, 0.5) is 0 Å². The molecule has 0 saturated carbocycles. The van der Waals surface area contributed by atoms with Crippen molar-refractivity contribution in [3.05, 3.63) is 24.4 Å². The highest BCUT2D eigenvalue weighted by atomic mass is 32.2. The lowest BCUT2D eigenvalue weighted by molar-refractivity contribution is -0.125. The second kappa shape index (κ2) is 4.28. The number of rotatable bonds is 2. The van der Waals surface area contributed by atoms with Gasteiger partial charge < -0.3 is 0 Å². The van der Waals surface area contributed by atoms with Crippen LogP contribution in [0.1, 0.15) is 6.92 Å². The molecule has 3 aliphatic heterocycles. The standard InChI is InChI=1S/C12H14N4OS/c1-3-10-8(2)16-11(17)7-18(12(16)15-10)6-9-4-13-14-5-9/h3-4,6,8,10H,1,5,7H2,2H3. The predicted octanol–water partition coefficient (Wildman–Crippen LogP) is 1.56. The number of amidine groups is 1. The van der Waals surface area contributed by atoms with Gasteiger partial charge in [-0.1, -0.05) is 6.08 Å². The van der Waals surface area contributed by atoms with Crippen molar-refractivity contribution in [3.8, 4) is 0 Å². The highest BCUT2D eigenvalue weighted by Crippen LogP contribution is 2.35. The third-order valence-corrected chi connectivity index (χ3v) is 5.16. The first kappa shape index (κ1) is 11.5. The molecule has 5 nitrogen and oxygen atoms in total. The van der Waals surface area contributed by atoms with Gasteiger partial charge in [-0.2, -0.15) is 10.2 Å². The lowest BCUT2D eigenvalue weighted by Gasteiger charge is -2.18. The highest BCUT2D eigenvalue weighted by Gasteiger charge is 2.42.